The van der Waals surface area contributed by atoms with E-state index in [1.54, 1.807) is 0 Å². The van der Waals surface area contributed by atoms with E-state index in [1.807, 2.05) is 0 Å². The van der Waals surface area contributed by atoms with Crippen LogP contribution in [0.15, 0.2) is 18.2 Å². The highest BCUT2D eigenvalue weighted by Gasteiger charge is 2.18. The number of nitrogens with one attached hydrogen (secondary N) is 1. The fourth-order valence-corrected chi connectivity index (χ4v) is 2.61. The molecule has 0 bridgehead atoms. The lowest BCUT2D eigenvalue weighted by Crippen LogP contribution is -2.26. The Bertz CT molecular complexity index is 387. The second kappa shape index (κ2) is 6.24. The van der Waals surface area contributed by atoms with Crippen LogP contribution in [0.5, 0.6) is 5.75 Å². The minimum atomic E-state index is 0.456. The first-order valence-electron chi connectivity index (χ1n) is 7.21. The summed E-state index contributed by atoms with van der Waals surface area (Å²) in [6.07, 6.45) is 3.48. The summed E-state index contributed by atoms with van der Waals surface area (Å²) in [5.74, 6) is 1.70. The topological polar surface area (TPSA) is 21.3 Å². The quantitative estimate of drug-likeness (QED) is 0.856. The van der Waals surface area contributed by atoms with Crippen LogP contribution in [-0.2, 0) is 6.42 Å². The summed E-state index contributed by atoms with van der Waals surface area (Å²) in [6.45, 7) is 8.72. The second-order valence-electron chi connectivity index (χ2n) is 5.49. The molecule has 0 aliphatic carbocycles. The van der Waals surface area contributed by atoms with E-state index in [4.69, 9.17) is 4.74 Å². The fourth-order valence-electron chi connectivity index (χ4n) is 2.61. The number of benzene rings is 1. The molecule has 0 saturated carbocycles. The summed E-state index contributed by atoms with van der Waals surface area (Å²) < 4.78 is 5.68. The molecule has 1 aliphatic rings. The van der Waals surface area contributed by atoms with Gasteiger partial charge in [0.15, 0.2) is 0 Å². The van der Waals surface area contributed by atoms with Crippen LogP contribution in [0.2, 0.25) is 0 Å². The van der Waals surface area contributed by atoms with Gasteiger partial charge in [-0.15, -0.1) is 0 Å². The number of hydrogen-bond donors (Lipinski definition) is 1. The maximum atomic E-state index is 5.68. The zero-order chi connectivity index (χ0) is 13.0. The Balaban J connectivity index is 2.19. The molecule has 1 aliphatic heterocycles. The molecule has 0 saturated heterocycles. The molecule has 1 heterocycles. The molecule has 0 amide bonds. The minimum Gasteiger partial charge on any atom is -0.493 e. The van der Waals surface area contributed by atoms with E-state index in [0.29, 0.717) is 12.0 Å². The van der Waals surface area contributed by atoms with Crippen LogP contribution in [-0.4, -0.2) is 13.2 Å². The van der Waals surface area contributed by atoms with Crippen molar-refractivity contribution < 1.29 is 4.74 Å². The van der Waals surface area contributed by atoms with Crippen molar-refractivity contribution in [3.63, 3.8) is 0 Å². The molecule has 1 aromatic carbocycles. The van der Waals surface area contributed by atoms with E-state index in [0.717, 1.165) is 31.7 Å². The Labute approximate surface area is 111 Å². The van der Waals surface area contributed by atoms with E-state index in [2.05, 4.69) is 44.3 Å². The minimum absolute atomic E-state index is 0.456. The number of fused-ring (bicyclic) bond motifs is 1. The molecule has 0 fully saturated rings. The van der Waals surface area contributed by atoms with Crippen LogP contribution in [0.1, 0.15) is 50.8 Å². The van der Waals surface area contributed by atoms with Crippen LogP contribution >= 0.6 is 0 Å². The van der Waals surface area contributed by atoms with Gasteiger partial charge in [-0.3, -0.25) is 0 Å². The summed E-state index contributed by atoms with van der Waals surface area (Å²) in [4.78, 5) is 0. The molecule has 0 aromatic heterocycles. The molecular formula is C16H25NO. The van der Waals surface area contributed by atoms with Gasteiger partial charge in [0.1, 0.15) is 5.75 Å². The third-order valence-electron chi connectivity index (χ3n) is 3.57. The lowest BCUT2D eigenvalue weighted by atomic mass is 9.93. The van der Waals surface area contributed by atoms with Crippen molar-refractivity contribution >= 4 is 0 Å². The Morgan fingerprint density at radius 3 is 2.89 bits per heavy atom. The summed E-state index contributed by atoms with van der Waals surface area (Å²) in [5, 5.41) is 3.65. The predicted molar refractivity (Wildman–Crippen MR) is 76.1 cm³/mol. The molecule has 1 aromatic rings. The van der Waals surface area contributed by atoms with Gasteiger partial charge < -0.3 is 10.1 Å². The van der Waals surface area contributed by atoms with Gasteiger partial charge in [-0.05, 0) is 48.9 Å². The molecule has 100 valence electrons. The maximum Gasteiger partial charge on any atom is 0.122 e. The number of hydrogen-bond acceptors (Lipinski definition) is 2. The number of aryl methyl sites for hydroxylation is 1. The highest BCUT2D eigenvalue weighted by atomic mass is 16.5. The molecule has 2 heteroatoms. The molecule has 0 radical (unpaired) electrons. The van der Waals surface area contributed by atoms with E-state index in [9.17, 15) is 0 Å². The second-order valence-corrected chi connectivity index (χ2v) is 5.49. The van der Waals surface area contributed by atoms with Crippen molar-refractivity contribution in [2.24, 2.45) is 5.92 Å². The van der Waals surface area contributed by atoms with Crippen molar-refractivity contribution in [1.82, 2.24) is 5.32 Å². The van der Waals surface area contributed by atoms with Gasteiger partial charge in [0, 0.05) is 6.04 Å². The van der Waals surface area contributed by atoms with Gasteiger partial charge in [0.2, 0.25) is 0 Å². The largest absolute Gasteiger partial charge is 0.493 e. The zero-order valence-electron chi connectivity index (χ0n) is 11.8. The van der Waals surface area contributed by atoms with Crippen LogP contribution in [0.3, 0.4) is 0 Å². The van der Waals surface area contributed by atoms with E-state index in [-0.39, 0.29) is 0 Å². The van der Waals surface area contributed by atoms with Gasteiger partial charge in [-0.2, -0.15) is 0 Å². The Hall–Kier alpha value is -1.02. The first kappa shape index (κ1) is 13.4. The molecule has 1 unspecified atom stereocenters. The highest BCUT2D eigenvalue weighted by Crippen LogP contribution is 2.30. The van der Waals surface area contributed by atoms with Gasteiger partial charge in [-0.25, -0.2) is 0 Å². The third-order valence-corrected chi connectivity index (χ3v) is 3.57. The smallest absolute Gasteiger partial charge is 0.122 e. The van der Waals surface area contributed by atoms with Gasteiger partial charge in [-0.1, -0.05) is 32.9 Å². The average molecular weight is 247 g/mol. The van der Waals surface area contributed by atoms with Crippen molar-refractivity contribution in [2.75, 3.05) is 13.2 Å². The van der Waals surface area contributed by atoms with Gasteiger partial charge in [0.25, 0.3) is 0 Å². The van der Waals surface area contributed by atoms with E-state index < -0.39 is 0 Å². The molecule has 2 nitrogen and oxygen atoms in total. The number of rotatable bonds is 5. The van der Waals surface area contributed by atoms with E-state index in [1.165, 1.54) is 17.5 Å². The van der Waals surface area contributed by atoms with Crippen LogP contribution < -0.4 is 10.1 Å². The molecule has 0 spiro atoms. The van der Waals surface area contributed by atoms with Crippen LogP contribution in [0, 0.1) is 5.92 Å². The van der Waals surface area contributed by atoms with E-state index >= 15 is 0 Å². The maximum absolute atomic E-state index is 5.68. The fraction of sp³-hybridized carbons (Fsp3) is 0.625. The van der Waals surface area contributed by atoms with Crippen molar-refractivity contribution in [1.29, 1.82) is 0 Å². The van der Waals surface area contributed by atoms with Crippen LogP contribution in [0.25, 0.3) is 0 Å². The highest BCUT2D eigenvalue weighted by molar-refractivity contribution is 5.39. The number of ether oxygens (including phenoxy) is 1. The molecule has 1 N–H and O–H groups in total. The average Bonchev–Trinajstić information content (AvgIpc) is 2.38. The molecular weight excluding hydrogens is 222 g/mol. The van der Waals surface area contributed by atoms with Crippen LogP contribution in [0.4, 0.5) is 0 Å². The van der Waals surface area contributed by atoms with Gasteiger partial charge >= 0.3 is 0 Å². The standard InChI is InChI=1S/C16H25NO/c1-4-9-17-16(12(2)3)14-7-8-15-13(11-14)6-5-10-18-15/h7-8,11-12,16-17H,4-6,9-10H2,1-3H3. The predicted octanol–water partition coefficient (Wildman–Crippen LogP) is 3.71. The summed E-state index contributed by atoms with van der Waals surface area (Å²) in [7, 11) is 0. The summed E-state index contributed by atoms with van der Waals surface area (Å²) in [6, 6.07) is 7.16. The lowest BCUT2D eigenvalue weighted by Gasteiger charge is -2.25. The monoisotopic (exact) mass is 247 g/mol. The Kier molecular flexibility index (Phi) is 4.65. The van der Waals surface area contributed by atoms with Gasteiger partial charge in [0.05, 0.1) is 6.61 Å². The molecule has 18 heavy (non-hydrogen) atoms. The normalized spacial score (nSPS) is 16.2. The third kappa shape index (κ3) is 3.05. The Morgan fingerprint density at radius 1 is 1.33 bits per heavy atom. The van der Waals surface area contributed by atoms with Crippen molar-refractivity contribution in [3.05, 3.63) is 29.3 Å². The van der Waals surface area contributed by atoms with Crippen molar-refractivity contribution in [2.45, 2.75) is 46.1 Å². The summed E-state index contributed by atoms with van der Waals surface area (Å²) in [5.41, 5.74) is 2.78. The Morgan fingerprint density at radius 2 is 2.17 bits per heavy atom. The first-order valence-corrected chi connectivity index (χ1v) is 7.21. The van der Waals surface area contributed by atoms with Crippen molar-refractivity contribution in [3.8, 4) is 5.75 Å². The zero-order valence-corrected chi connectivity index (χ0v) is 11.8. The first-order chi connectivity index (χ1) is 8.72. The summed E-state index contributed by atoms with van der Waals surface area (Å²) >= 11 is 0. The lowest BCUT2D eigenvalue weighted by molar-refractivity contribution is 0.287. The molecule has 1 atom stereocenters. The molecule has 2 rings (SSSR count). The SMILES string of the molecule is CCCNC(c1ccc2c(c1)CCCO2)C(C)C.